The summed E-state index contributed by atoms with van der Waals surface area (Å²) >= 11 is 3.30. The van der Waals surface area contributed by atoms with Crippen molar-refractivity contribution in [3.63, 3.8) is 0 Å². The maximum atomic E-state index is 11.2. The predicted octanol–water partition coefficient (Wildman–Crippen LogP) is 1.57. The molecule has 122 valence electrons. The van der Waals surface area contributed by atoms with Crippen LogP contribution < -0.4 is 15.5 Å². The van der Waals surface area contributed by atoms with Crippen LogP contribution in [0.1, 0.15) is 25.7 Å². The van der Waals surface area contributed by atoms with Crippen LogP contribution in [0.2, 0.25) is 0 Å². The molecule has 2 N–H and O–H groups in total. The van der Waals surface area contributed by atoms with Crippen molar-refractivity contribution in [1.82, 2.24) is 20.8 Å². The second-order valence-electron chi connectivity index (χ2n) is 5.87. The SMILES string of the molecule is CNC(=O)CN[C@H]1CC[C@H](CN(C)c2ccc(Br)nn2)CC1. The summed E-state index contributed by atoms with van der Waals surface area (Å²) in [6, 6.07) is 4.36. The zero-order chi connectivity index (χ0) is 15.9. The lowest BCUT2D eigenvalue weighted by atomic mass is 9.85. The number of hydrogen-bond donors (Lipinski definition) is 2. The summed E-state index contributed by atoms with van der Waals surface area (Å²) in [6.45, 7) is 1.42. The fourth-order valence-electron chi connectivity index (χ4n) is 2.87. The van der Waals surface area contributed by atoms with Crippen LogP contribution in [-0.4, -0.2) is 49.3 Å². The maximum Gasteiger partial charge on any atom is 0.233 e. The molecule has 1 aliphatic carbocycles. The summed E-state index contributed by atoms with van der Waals surface area (Å²) in [4.78, 5) is 13.4. The van der Waals surface area contributed by atoms with Crippen LogP contribution in [0.4, 0.5) is 5.82 Å². The largest absolute Gasteiger partial charge is 0.358 e. The highest BCUT2D eigenvalue weighted by atomic mass is 79.9. The molecule has 1 aliphatic rings. The lowest BCUT2D eigenvalue weighted by Gasteiger charge is -2.31. The second kappa shape index (κ2) is 8.43. The molecule has 6 nitrogen and oxygen atoms in total. The highest BCUT2D eigenvalue weighted by Crippen LogP contribution is 2.26. The quantitative estimate of drug-likeness (QED) is 0.796. The van der Waals surface area contributed by atoms with Crippen LogP contribution in [-0.2, 0) is 4.79 Å². The number of nitrogens with one attached hydrogen (secondary N) is 2. The van der Waals surface area contributed by atoms with Crippen molar-refractivity contribution in [3.05, 3.63) is 16.7 Å². The van der Waals surface area contributed by atoms with E-state index in [0.29, 0.717) is 18.5 Å². The first-order chi connectivity index (χ1) is 10.6. The molecule has 1 amide bonds. The zero-order valence-corrected chi connectivity index (χ0v) is 14.8. The van der Waals surface area contributed by atoms with Crippen molar-refractivity contribution in [2.24, 2.45) is 5.92 Å². The number of halogens is 1. The zero-order valence-electron chi connectivity index (χ0n) is 13.2. The van der Waals surface area contributed by atoms with Gasteiger partial charge in [0.05, 0.1) is 6.54 Å². The van der Waals surface area contributed by atoms with Gasteiger partial charge in [0.2, 0.25) is 5.91 Å². The van der Waals surface area contributed by atoms with Crippen LogP contribution in [0.3, 0.4) is 0 Å². The van der Waals surface area contributed by atoms with Gasteiger partial charge in [0, 0.05) is 26.7 Å². The summed E-state index contributed by atoms with van der Waals surface area (Å²) < 4.78 is 0.757. The van der Waals surface area contributed by atoms with Gasteiger partial charge in [-0.25, -0.2) is 0 Å². The van der Waals surface area contributed by atoms with Gasteiger partial charge in [-0.2, -0.15) is 0 Å². The highest BCUT2D eigenvalue weighted by molar-refractivity contribution is 9.10. The van der Waals surface area contributed by atoms with E-state index in [1.54, 1.807) is 7.05 Å². The minimum absolute atomic E-state index is 0.0515. The van der Waals surface area contributed by atoms with Crippen LogP contribution in [0, 0.1) is 5.92 Å². The molecule has 2 rings (SSSR count). The van der Waals surface area contributed by atoms with Gasteiger partial charge in [0.15, 0.2) is 5.82 Å². The lowest BCUT2D eigenvalue weighted by molar-refractivity contribution is -0.119. The Morgan fingerprint density at radius 3 is 2.64 bits per heavy atom. The third-order valence-electron chi connectivity index (χ3n) is 4.22. The molecule has 22 heavy (non-hydrogen) atoms. The molecule has 0 spiro atoms. The number of aromatic nitrogens is 2. The topological polar surface area (TPSA) is 70.2 Å². The van der Waals surface area contributed by atoms with Crippen molar-refractivity contribution in [2.75, 3.05) is 32.1 Å². The Labute approximate surface area is 140 Å². The molecule has 0 aliphatic heterocycles. The van der Waals surface area contributed by atoms with Gasteiger partial charge in [-0.3, -0.25) is 4.79 Å². The lowest BCUT2D eigenvalue weighted by Crippen LogP contribution is -2.41. The maximum absolute atomic E-state index is 11.2. The number of hydrogen-bond acceptors (Lipinski definition) is 5. The molecule has 0 saturated heterocycles. The van der Waals surface area contributed by atoms with E-state index in [1.165, 1.54) is 12.8 Å². The first kappa shape index (κ1) is 17.1. The molecule has 1 fully saturated rings. The second-order valence-corrected chi connectivity index (χ2v) is 6.68. The van der Waals surface area contributed by atoms with Crippen molar-refractivity contribution in [1.29, 1.82) is 0 Å². The van der Waals surface area contributed by atoms with E-state index in [-0.39, 0.29) is 5.91 Å². The minimum Gasteiger partial charge on any atom is -0.358 e. The number of rotatable bonds is 6. The number of carbonyl (C=O) groups is 1. The molecule has 0 aromatic carbocycles. The molecular weight excluding hydrogens is 346 g/mol. The molecule has 0 radical (unpaired) electrons. The predicted molar refractivity (Wildman–Crippen MR) is 90.8 cm³/mol. The molecule has 7 heteroatoms. The van der Waals surface area contributed by atoms with Crippen LogP contribution in [0.5, 0.6) is 0 Å². The number of anilines is 1. The standard InChI is InChI=1S/C15H24BrN5O/c1-17-15(22)9-18-12-5-3-11(4-6-12)10-21(2)14-8-7-13(16)19-20-14/h7-8,11-12,18H,3-6,9-10H2,1-2H3,(H,17,22)/t11-,12-. The molecule has 1 heterocycles. The third kappa shape index (κ3) is 5.21. The summed E-state index contributed by atoms with van der Waals surface area (Å²) in [5, 5.41) is 14.2. The van der Waals surface area contributed by atoms with Crippen molar-refractivity contribution in [2.45, 2.75) is 31.7 Å². The van der Waals surface area contributed by atoms with E-state index in [0.717, 1.165) is 29.8 Å². The monoisotopic (exact) mass is 369 g/mol. The minimum atomic E-state index is 0.0515. The Bertz CT molecular complexity index is 473. The van der Waals surface area contributed by atoms with E-state index in [2.05, 4.69) is 48.7 Å². The van der Waals surface area contributed by atoms with Gasteiger partial charge in [0.25, 0.3) is 0 Å². The van der Waals surface area contributed by atoms with E-state index < -0.39 is 0 Å². The van der Waals surface area contributed by atoms with Gasteiger partial charge < -0.3 is 15.5 Å². The Morgan fingerprint density at radius 1 is 1.32 bits per heavy atom. The fraction of sp³-hybridized carbons (Fsp3) is 0.667. The van der Waals surface area contributed by atoms with Gasteiger partial charge in [-0.05, 0) is 59.7 Å². The Balaban J connectivity index is 1.72. The molecule has 0 unspecified atom stereocenters. The summed E-state index contributed by atoms with van der Waals surface area (Å²) in [5.74, 6) is 1.63. The van der Waals surface area contributed by atoms with Crippen molar-refractivity contribution < 1.29 is 4.79 Å². The first-order valence-electron chi connectivity index (χ1n) is 7.73. The summed E-state index contributed by atoms with van der Waals surface area (Å²) in [5.41, 5.74) is 0. The van der Waals surface area contributed by atoms with Crippen LogP contribution in [0.15, 0.2) is 16.7 Å². The molecule has 0 atom stereocenters. The van der Waals surface area contributed by atoms with Crippen LogP contribution in [0.25, 0.3) is 0 Å². The Kier molecular flexibility index (Phi) is 6.57. The molecule has 1 aromatic heterocycles. The van der Waals surface area contributed by atoms with E-state index in [4.69, 9.17) is 0 Å². The van der Waals surface area contributed by atoms with Crippen molar-refractivity contribution >= 4 is 27.7 Å². The normalized spacial score (nSPS) is 21.4. The Morgan fingerprint density at radius 2 is 2.05 bits per heavy atom. The van der Waals surface area contributed by atoms with Crippen molar-refractivity contribution in [3.8, 4) is 0 Å². The molecule has 1 aromatic rings. The number of amides is 1. The average molecular weight is 370 g/mol. The number of likely N-dealkylation sites (N-methyl/N-ethyl adjacent to an activating group) is 1. The van der Waals surface area contributed by atoms with Gasteiger partial charge in [0.1, 0.15) is 4.60 Å². The third-order valence-corrected chi connectivity index (χ3v) is 4.64. The first-order valence-corrected chi connectivity index (χ1v) is 8.52. The van der Waals surface area contributed by atoms with Gasteiger partial charge >= 0.3 is 0 Å². The summed E-state index contributed by atoms with van der Waals surface area (Å²) in [7, 11) is 3.73. The van der Waals surface area contributed by atoms with E-state index in [1.807, 2.05) is 12.1 Å². The smallest absolute Gasteiger partial charge is 0.233 e. The van der Waals surface area contributed by atoms with Gasteiger partial charge in [-0.1, -0.05) is 0 Å². The molecule has 1 saturated carbocycles. The van der Waals surface area contributed by atoms with E-state index >= 15 is 0 Å². The van der Waals surface area contributed by atoms with Gasteiger partial charge in [-0.15, -0.1) is 10.2 Å². The van der Waals surface area contributed by atoms with Crippen LogP contribution >= 0.6 is 15.9 Å². The van der Waals surface area contributed by atoms with E-state index in [9.17, 15) is 4.79 Å². The Hall–Kier alpha value is -1.21. The number of carbonyl (C=O) groups excluding carboxylic acids is 1. The molecule has 0 bridgehead atoms. The average Bonchev–Trinajstić information content (AvgIpc) is 2.54. The number of nitrogens with zero attached hydrogens (tertiary/aromatic N) is 3. The highest BCUT2D eigenvalue weighted by Gasteiger charge is 2.22. The summed E-state index contributed by atoms with van der Waals surface area (Å²) in [6.07, 6.45) is 4.61. The fourth-order valence-corrected chi connectivity index (χ4v) is 3.08. The molecular formula is C15H24BrN5O.